The summed E-state index contributed by atoms with van der Waals surface area (Å²) in [7, 11) is -3.83. The second kappa shape index (κ2) is 9.34. The van der Waals surface area contributed by atoms with Crippen molar-refractivity contribution in [2.45, 2.75) is 45.1 Å². The molecule has 0 saturated carbocycles. The average molecular weight is 520 g/mol. The first kappa shape index (κ1) is 25.0. The smallest absolute Gasteiger partial charge is 0.324 e. The zero-order chi connectivity index (χ0) is 26.4. The molecule has 7 nitrogen and oxygen atoms in total. The Bertz CT molecular complexity index is 1480. The summed E-state index contributed by atoms with van der Waals surface area (Å²) in [4.78, 5) is 26.5. The Labute approximate surface area is 217 Å². The fourth-order valence-electron chi connectivity index (χ4n) is 5.37. The average Bonchev–Trinajstić information content (AvgIpc) is 3.30. The van der Waals surface area contributed by atoms with Crippen LogP contribution in [0.1, 0.15) is 36.1 Å². The summed E-state index contributed by atoms with van der Waals surface area (Å²) < 4.78 is 39.6. The van der Waals surface area contributed by atoms with Crippen LogP contribution in [0.15, 0.2) is 65.6 Å². The van der Waals surface area contributed by atoms with Crippen LogP contribution in [0.3, 0.4) is 0 Å². The summed E-state index contributed by atoms with van der Waals surface area (Å²) in [6.07, 6.45) is 0.322. The second-order valence-electron chi connectivity index (χ2n) is 9.46. The summed E-state index contributed by atoms with van der Waals surface area (Å²) in [5.41, 5.74) is 4.25. The van der Waals surface area contributed by atoms with E-state index in [1.165, 1.54) is 4.31 Å². The normalized spacial score (nSPS) is 15.4. The van der Waals surface area contributed by atoms with Crippen LogP contribution in [0, 0.1) is 12.3 Å². The first-order chi connectivity index (χ1) is 17.7. The van der Waals surface area contributed by atoms with Crippen molar-refractivity contribution in [1.29, 1.82) is 0 Å². The number of sulfonamides is 1. The van der Waals surface area contributed by atoms with Crippen molar-refractivity contribution in [3.8, 4) is 11.1 Å². The summed E-state index contributed by atoms with van der Waals surface area (Å²) in [6.45, 7) is 5.78. The molecule has 1 heterocycles. The van der Waals surface area contributed by atoms with E-state index in [2.05, 4.69) is 0 Å². The minimum Gasteiger partial charge on any atom is -0.465 e. The van der Waals surface area contributed by atoms with E-state index in [0.29, 0.717) is 5.69 Å². The number of anilines is 1. The molecule has 0 spiro atoms. The summed E-state index contributed by atoms with van der Waals surface area (Å²) >= 11 is 0. The maximum Gasteiger partial charge on any atom is 0.324 e. The van der Waals surface area contributed by atoms with E-state index in [0.717, 1.165) is 33.4 Å². The molecule has 1 aliphatic carbocycles. The third kappa shape index (κ3) is 4.00. The molecule has 0 atom stereocenters. The number of ether oxygens (including phenoxy) is 2. The largest absolute Gasteiger partial charge is 0.465 e. The van der Waals surface area contributed by atoms with Gasteiger partial charge in [-0.1, -0.05) is 48.0 Å². The quantitative estimate of drug-likeness (QED) is 0.350. The monoisotopic (exact) mass is 519 g/mol. The van der Waals surface area contributed by atoms with Gasteiger partial charge in [-0.25, -0.2) is 8.42 Å². The second-order valence-corrected chi connectivity index (χ2v) is 11.3. The Hall–Kier alpha value is -3.65. The summed E-state index contributed by atoms with van der Waals surface area (Å²) in [5, 5.41) is 0. The van der Waals surface area contributed by atoms with Crippen LogP contribution < -0.4 is 4.31 Å². The van der Waals surface area contributed by atoms with Gasteiger partial charge in [0.2, 0.25) is 0 Å². The number of fused-ring (bicyclic) bond motifs is 5. The van der Waals surface area contributed by atoms with Crippen molar-refractivity contribution in [2.75, 3.05) is 17.5 Å². The Balaban J connectivity index is 1.63. The minimum atomic E-state index is -3.83. The molecular formula is C29H29NO6S. The Morgan fingerprint density at radius 1 is 0.865 bits per heavy atom. The molecule has 0 radical (unpaired) electrons. The number of carbonyl (C=O) groups excluding carboxylic acids is 2. The Morgan fingerprint density at radius 2 is 1.49 bits per heavy atom. The number of rotatable bonds is 6. The SMILES string of the molecule is CCOC(=O)C1(C(=O)OCC)Cc2ccc3c(c2C1)-c1ccccc1N(S(=O)(=O)c1ccc(C)cc1)C3. The van der Waals surface area contributed by atoms with Crippen molar-refractivity contribution in [3.05, 3.63) is 82.9 Å². The third-order valence-corrected chi connectivity index (χ3v) is 8.94. The van der Waals surface area contributed by atoms with Crippen molar-refractivity contribution < 1.29 is 27.5 Å². The van der Waals surface area contributed by atoms with Crippen molar-refractivity contribution in [2.24, 2.45) is 5.41 Å². The van der Waals surface area contributed by atoms with Crippen LogP contribution in [0.5, 0.6) is 0 Å². The molecule has 0 saturated heterocycles. The standard InChI is InChI=1S/C29H29NO6S/c1-4-35-27(31)29(28(32)36-5-2)16-20-12-13-21-18-30(37(33,34)22-14-10-19(3)11-15-22)25-9-7-6-8-23(25)26(21)24(20)17-29/h6-15H,4-5,16-18H2,1-3H3. The molecule has 8 heteroatoms. The lowest BCUT2D eigenvalue weighted by molar-refractivity contribution is -0.171. The lowest BCUT2D eigenvalue weighted by atomic mass is 9.83. The van der Waals surface area contributed by atoms with Gasteiger partial charge >= 0.3 is 11.9 Å². The van der Waals surface area contributed by atoms with Gasteiger partial charge in [0.15, 0.2) is 5.41 Å². The van der Waals surface area contributed by atoms with Gasteiger partial charge in [-0.15, -0.1) is 0 Å². The Kier molecular flexibility index (Phi) is 6.31. The number of hydrogen-bond acceptors (Lipinski definition) is 6. The first-order valence-electron chi connectivity index (χ1n) is 12.4. The van der Waals surface area contributed by atoms with Gasteiger partial charge in [0.05, 0.1) is 30.3 Å². The number of esters is 2. The third-order valence-electron chi connectivity index (χ3n) is 7.16. The highest BCUT2D eigenvalue weighted by molar-refractivity contribution is 7.92. The molecule has 37 heavy (non-hydrogen) atoms. The molecule has 2 aliphatic rings. The topological polar surface area (TPSA) is 90.0 Å². The van der Waals surface area contributed by atoms with Gasteiger partial charge < -0.3 is 9.47 Å². The number of nitrogens with zero attached hydrogens (tertiary/aromatic N) is 1. The summed E-state index contributed by atoms with van der Waals surface area (Å²) in [6, 6.07) is 18.0. The van der Waals surface area contributed by atoms with E-state index < -0.39 is 27.4 Å². The summed E-state index contributed by atoms with van der Waals surface area (Å²) in [5.74, 6) is -1.18. The number of para-hydroxylation sites is 1. The van der Waals surface area contributed by atoms with E-state index >= 15 is 0 Å². The minimum absolute atomic E-state index is 0.141. The highest BCUT2D eigenvalue weighted by Gasteiger charge is 2.54. The molecule has 0 unspecified atom stereocenters. The zero-order valence-electron chi connectivity index (χ0n) is 21.1. The van der Waals surface area contributed by atoms with E-state index in [9.17, 15) is 18.0 Å². The van der Waals surface area contributed by atoms with Crippen LogP contribution in [0.4, 0.5) is 5.69 Å². The van der Waals surface area contributed by atoms with Crippen LogP contribution >= 0.6 is 0 Å². The van der Waals surface area contributed by atoms with Gasteiger partial charge in [0.1, 0.15) is 0 Å². The maximum atomic E-state index is 13.7. The number of hydrogen-bond donors (Lipinski definition) is 0. The fraction of sp³-hybridized carbons (Fsp3) is 0.310. The molecule has 192 valence electrons. The van der Waals surface area contributed by atoms with E-state index in [1.54, 1.807) is 44.2 Å². The molecule has 1 aliphatic heterocycles. The van der Waals surface area contributed by atoms with E-state index in [4.69, 9.17) is 9.47 Å². The number of aryl methyl sites for hydroxylation is 1. The zero-order valence-corrected chi connectivity index (χ0v) is 21.9. The molecule has 0 bridgehead atoms. The molecule has 0 fully saturated rings. The van der Waals surface area contributed by atoms with Crippen LogP contribution in [-0.2, 0) is 48.5 Å². The molecular weight excluding hydrogens is 490 g/mol. The van der Waals surface area contributed by atoms with Crippen LogP contribution in [0.2, 0.25) is 0 Å². The first-order valence-corrected chi connectivity index (χ1v) is 13.8. The molecule has 5 rings (SSSR count). The van der Waals surface area contributed by atoms with Gasteiger partial charge in [-0.05, 0) is 67.6 Å². The van der Waals surface area contributed by atoms with Crippen molar-refractivity contribution in [3.63, 3.8) is 0 Å². The van der Waals surface area contributed by atoms with Crippen LogP contribution in [-0.4, -0.2) is 33.6 Å². The van der Waals surface area contributed by atoms with Crippen molar-refractivity contribution in [1.82, 2.24) is 0 Å². The predicted octanol–water partition coefficient (Wildman–Crippen LogP) is 4.58. The van der Waals surface area contributed by atoms with Gasteiger partial charge in [-0.2, -0.15) is 0 Å². The Morgan fingerprint density at radius 3 is 2.14 bits per heavy atom. The van der Waals surface area contributed by atoms with Crippen molar-refractivity contribution >= 4 is 27.6 Å². The van der Waals surface area contributed by atoms with Gasteiger partial charge in [0.25, 0.3) is 10.0 Å². The lowest BCUT2D eigenvalue weighted by Crippen LogP contribution is -2.43. The lowest BCUT2D eigenvalue weighted by Gasteiger charge is -2.33. The molecule has 0 aromatic heterocycles. The van der Waals surface area contributed by atoms with Crippen LogP contribution in [0.25, 0.3) is 11.1 Å². The van der Waals surface area contributed by atoms with E-state index in [1.807, 2.05) is 37.3 Å². The number of carbonyl (C=O) groups is 2. The molecule has 3 aromatic carbocycles. The van der Waals surface area contributed by atoms with Gasteiger partial charge in [-0.3, -0.25) is 13.9 Å². The fourth-order valence-corrected chi connectivity index (χ4v) is 6.83. The highest BCUT2D eigenvalue weighted by atomic mass is 32.2. The molecule has 0 amide bonds. The highest BCUT2D eigenvalue weighted by Crippen LogP contribution is 2.49. The van der Waals surface area contributed by atoms with E-state index in [-0.39, 0.29) is 37.5 Å². The maximum absolute atomic E-state index is 13.7. The van der Waals surface area contributed by atoms with Gasteiger partial charge in [0, 0.05) is 12.0 Å². The molecule has 3 aromatic rings. The molecule has 0 N–H and O–H groups in total. The predicted molar refractivity (Wildman–Crippen MR) is 140 cm³/mol. The number of benzene rings is 3.